The molecule has 2 aliphatic heterocycles. The van der Waals surface area contributed by atoms with Crippen molar-refractivity contribution < 1.29 is 9.18 Å². The molecule has 2 aromatic rings. The van der Waals surface area contributed by atoms with E-state index in [-0.39, 0.29) is 17.1 Å². The average molecular weight is 324 g/mol. The standard InChI is InChI=1S/C20H21FN2O/c21-17-6-4-5-16(11-17)9-10-22-13-20(14-22)12-19(24)23(15-20)18-7-2-1-3-8-18/h1-8,11H,9-10,12-15H2. The lowest BCUT2D eigenvalue weighted by atomic mass is 9.79. The Morgan fingerprint density at radius 3 is 2.54 bits per heavy atom. The van der Waals surface area contributed by atoms with Gasteiger partial charge in [0.05, 0.1) is 0 Å². The van der Waals surface area contributed by atoms with Gasteiger partial charge < -0.3 is 9.80 Å². The normalized spacial score (nSPS) is 19.7. The zero-order valence-corrected chi connectivity index (χ0v) is 13.6. The number of anilines is 1. The maximum atomic E-state index is 13.2. The molecule has 2 aromatic carbocycles. The molecule has 4 rings (SSSR count). The highest BCUT2D eigenvalue weighted by atomic mass is 19.1. The molecular formula is C20H21FN2O. The van der Waals surface area contributed by atoms with Crippen molar-refractivity contribution in [2.24, 2.45) is 5.41 Å². The fraction of sp³-hybridized carbons (Fsp3) is 0.350. The van der Waals surface area contributed by atoms with Gasteiger partial charge in [0.1, 0.15) is 5.82 Å². The summed E-state index contributed by atoms with van der Waals surface area (Å²) in [4.78, 5) is 16.7. The molecule has 0 atom stereocenters. The number of rotatable bonds is 4. The molecule has 0 aromatic heterocycles. The third kappa shape index (κ3) is 2.94. The third-order valence-electron chi connectivity index (χ3n) is 5.11. The fourth-order valence-electron chi connectivity index (χ4n) is 3.99. The molecule has 1 spiro atoms. The summed E-state index contributed by atoms with van der Waals surface area (Å²) in [7, 11) is 0. The monoisotopic (exact) mass is 324 g/mol. The van der Waals surface area contributed by atoms with Gasteiger partial charge in [0.25, 0.3) is 0 Å². The van der Waals surface area contributed by atoms with Gasteiger partial charge in [0.15, 0.2) is 0 Å². The van der Waals surface area contributed by atoms with Crippen LogP contribution in [0.3, 0.4) is 0 Å². The van der Waals surface area contributed by atoms with E-state index in [4.69, 9.17) is 0 Å². The predicted molar refractivity (Wildman–Crippen MR) is 92.4 cm³/mol. The molecule has 24 heavy (non-hydrogen) atoms. The second-order valence-corrected chi connectivity index (χ2v) is 7.08. The molecule has 124 valence electrons. The first kappa shape index (κ1) is 15.3. The number of hydrogen-bond donors (Lipinski definition) is 0. The van der Waals surface area contributed by atoms with Crippen molar-refractivity contribution in [3.05, 3.63) is 66.0 Å². The van der Waals surface area contributed by atoms with Crippen LogP contribution in [0.2, 0.25) is 0 Å². The van der Waals surface area contributed by atoms with Crippen LogP contribution in [0.15, 0.2) is 54.6 Å². The number of benzene rings is 2. The lowest BCUT2D eigenvalue weighted by Crippen LogP contribution is -2.57. The van der Waals surface area contributed by atoms with E-state index in [2.05, 4.69) is 4.90 Å². The number of carbonyl (C=O) groups excluding carboxylic acids is 1. The molecule has 0 aliphatic carbocycles. The Morgan fingerprint density at radius 2 is 1.79 bits per heavy atom. The maximum Gasteiger partial charge on any atom is 0.227 e. The lowest BCUT2D eigenvalue weighted by molar-refractivity contribution is -0.119. The van der Waals surface area contributed by atoms with Crippen LogP contribution >= 0.6 is 0 Å². The first-order chi connectivity index (χ1) is 11.6. The van der Waals surface area contributed by atoms with E-state index < -0.39 is 0 Å². The quantitative estimate of drug-likeness (QED) is 0.863. The average Bonchev–Trinajstić information content (AvgIpc) is 2.91. The Labute approximate surface area is 141 Å². The van der Waals surface area contributed by atoms with E-state index in [9.17, 15) is 9.18 Å². The first-order valence-corrected chi connectivity index (χ1v) is 8.46. The van der Waals surface area contributed by atoms with Crippen molar-refractivity contribution in [2.45, 2.75) is 12.8 Å². The lowest BCUT2D eigenvalue weighted by Gasteiger charge is -2.47. The highest BCUT2D eigenvalue weighted by molar-refractivity contribution is 5.96. The molecule has 4 heteroatoms. The van der Waals surface area contributed by atoms with Gasteiger partial charge >= 0.3 is 0 Å². The summed E-state index contributed by atoms with van der Waals surface area (Å²) < 4.78 is 13.2. The van der Waals surface area contributed by atoms with Crippen LogP contribution in [0.25, 0.3) is 0 Å². The van der Waals surface area contributed by atoms with Crippen LogP contribution in [0, 0.1) is 11.2 Å². The van der Waals surface area contributed by atoms with Crippen LogP contribution in [0.5, 0.6) is 0 Å². The van der Waals surface area contributed by atoms with Gasteiger partial charge in [-0.3, -0.25) is 4.79 Å². The number of amides is 1. The number of likely N-dealkylation sites (tertiary alicyclic amines) is 1. The molecule has 2 heterocycles. The van der Waals surface area contributed by atoms with Crippen molar-refractivity contribution in [2.75, 3.05) is 31.1 Å². The summed E-state index contributed by atoms with van der Waals surface area (Å²) in [6.45, 7) is 3.64. The molecule has 0 saturated carbocycles. The molecule has 0 bridgehead atoms. The summed E-state index contributed by atoms with van der Waals surface area (Å²) in [5.41, 5.74) is 2.14. The van der Waals surface area contributed by atoms with Gasteiger partial charge in [-0.25, -0.2) is 4.39 Å². The molecule has 0 radical (unpaired) electrons. The second kappa shape index (κ2) is 6.02. The molecule has 2 saturated heterocycles. The first-order valence-electron chi connectivity index (χ1n) is 8.46. The van der Waals surface area contributed by atoms with Crippen LogP contribution in [-0.4, -0.2) is 37.0 Å². The molecule has 0 N–H and O–H groups in total. The third-order valence-corrected chi connectivity index (χ3v) is 5.11. The number of nitrogens with zero attached hydrogens (tertiary/aromatic N) is 2. The maximum absolute atomic E-state index is 13.2. The predicted octanol–water partition coefficient (Wildman–Crippen LogP) is 3.11. The number of para-hydroxylation sites is 1. The molecule has 2 fully saturated rings. The van der Waals surface area contributed by atoms with Crippen LogP contribution in [-0.2, 0) is 11.2 Å². The highest BCUT2D eigenvalue weighted by Gasteiger charge is 2.51. The van der Waals surface area contributed by atoms with Gasteiger partial charge in [-0.15, -0.1) is 0 Å². The van der Waals surface area contributed by atoms with Crippen molar-refractivity contribution in [3.8, 4) is 0 Å². The summed E-state index contributed by atoms with van der Waals surface area (Å²) in [6, 6.07) is 16.7. The van der Waals surface area contributed by atoms with E-state index >= 15 is 0 Å². The molecular weight excluding hydrogens is 303 g/mol. The zero-order chi connectivity index (χ0) is 16.6. The van der Waals surface area contributed by atoms with E-state index in [1.165, 1.54) is 6.07 Å². The Bertz CT molecular complexity index is 740. The smallest absolute Gasteiger partial charge is 0.227 e. The molecule has 2 aliphatic rings. The van der Waals surface area contributed by atoms with Gasteiger partial charge in [-0.2, -0.15) is 0 Å². The number of halogens is 1. The minimum atomic E-state index is -0.174. The zero-order valence-electron chi connectivity index (χ0n) is 13.6. The number of hydrogen-bond acceptors (Lipinski definition) is 2. The summed E-state index contributed by atoms with van der Waals surface area (Å²) in [6.07, 6.45) is 1.49. The Morgan fingerprint density at radius 1 is 1.00 bits per heavy atom. The van der Waals surface area contributed by atoms with E-state index in [0.717, 1.165) is 43.9 Å². The number of carbonyl (C=O) groups is 1. The van der Waals surface area contributed by atoms with Gasteiger partial charge in [-0.05, 0) is 36.2 Å². The highest BCUT2D eigenvalue weighted by Crippen LogP contribution is 2.41. The largest absolute Gasteiger partial charge is 0.312 e. The molecule has 1 amide bonds. The summed E-state index contributed by atoms with van der Waals surface area (Å²) in [5, 5.41) is 0. The van der Waals surface area contributed by atoms with E-state index in [1.54, 1.807) is 12.1 Å². The Kier molecular flexibility index (Phi) is 3.85. The van der Waals surface area contributed by atoms with Crippen LogP contribution in [0.1, 0.15) is 12.0 Å². The van der Waals surface area contributed by atoms with Crippen LogP contribution in [0.4, 0.5) is 10.1 Å². The Hall–Kier alpha value is -2.20. The molecule has 0 unspecified atom stereocenters. The van der Waals surface area contributed by atoms with Gasteiger partial charge in [0, 0.05) is 43.7 Å². The van der Waals surface area contributed by atoms with Crippen molar-refractivity contribution in [1.29, 1.82) is 0 Å². The fourth-order valence-corrected chi connectivity index (χ4v) is 3.99. The summed E-state index contributed by atoms with van der Waals surface area (Å²) >= 11 is 0. The van der Waals surface area contributed by atoms with E-state index in [0.29, 0.717) is 6.42 Å². The summed E-state index contributed by atoms with van der Waals surface area (Å²) in [5.74, 6) is 0.0541. The minimum absolute atomic E-state index is 0.106. The second-order valence-electron chi connectivity index (χ2n) is 7.08. The van der Waals surface area contributed by atoms with Crippen LogP contribution < -0.4 is 4.90 Å². The minimum Gasteiger partial charge on any atom is -0.312 e. The van der Waals surface area contributed by atoms with Gasteiger partial charge in [-0.1, -0.05) is 30.3 Å². The molecule has 3 nitrogen and oxygen atoms in total. The van der Waals surface area contributed by atoms with Crippen molar-refractivity contribution in [3.63, 3.8) is 0 Å². The topological polar surface area (TPSA) is 23.6 Å². The Balaban J connectivity index is 1.33. The van der Waals surface area contributed by atoms with Crippen molar-refractivity contribution >= 4 is 11.6 Å². The van der Waals surface area contributed by atoms with Crippen molar-refractivity contribution in [1.82, 2.24) is 4.90 Å². The van der Waals surface area contributed by atoms with E-state index in [1.807, 2.05) is 41.3 Å². The van der Waals surface area contributed by atoms with Gasteiger partial charge in [0.2, 0.25) is 5.91 Å². The SMILES string of the molecule is O=C1CC2(CN(CCc3cccc(F)c3)C2)CN1c1ccccc1.